The van der Waals surface area contributed by atoms with Gasteiger partial charge < -0.3 is 10.1 Å². The fourth-order valence-electron chi connectivity index (χ4n) is 3.55. The van der Waals surface area contributed by atoms with Gasteiger partial charge in [-0.05, 0) is 67.8 Å². The lowest BCUT2D eigenvalue weighted by Crippen LogP contribution is -2.18. The second kappa shape index (κ2) is 8.65. The van der Waals surface area contributed by atoms with Crippen LogP contribution in [0.1, 0.15) is 44.1 Å². The Bertz CT molecular complexity index is 855. The van der Waals surface area contributed by atoms with Gasteiger partial charge in [-0.2, -0.15) is 0 Å². The molecule has 2 aromatic rings. The highest BCUT2D eigenvalue weighted by Crippen LogP contribution is 2.25. The Hall–Kier alpha value is -2.21. The van der Waals surface area contributed by atoms with Crippen molar-refractivity contribution in [1.82, 2.24) is 0 Å². The molecule has 1 fully saturated rings. The zero-order valence-electron chi connectivity index (χ0n) is 16.0. The Morgan fingerprint density at radius 1 is 0.926 bits per heavy atom. The number of hydrogen-bond donors (Lipinski definition) is 2. The second-order valence-corrected chi connectivity index (χ2v) is 8.80. The third-order valence-corrected chi connectivity index (χ3v) is 6.58. The Balaban J connectivity index is 1.68. The molecule has 0 atom stereocenters. The number of methoxy groups -OCH3 is 1. The summed E-state index contributed by atoms with van der Waals surface area (Å²) in [6.45, 7) is 1.76. The van der Waals surface area contributed by atoms with Gasteiger partial charge in [0.25, 0.3) is 10.0 Å². The minimum Gasteiger partial charge on any atom is -0.497 e. The number of aryl methyl sites for hydroxylation is 1. The molecular weight excluding hydrogens is 360 g/mol. The Morgan fingerprint density at radius 2 is 1.56 bits per heavy atom. The lowest BCUT2D eigenvalue weighted by Gasteiger charge is -2.18. The van der Waals surface area contributed by atoms with Crippen molar-refractivity contribution in [2.45, 2.75) is 56.4 Å². The van der Waals surface area contributed by atoms with E-state index in [0.29, 0.717) is 23.0 Å². The topological polar surface area (TPSA) is 67.4 Å². The van der Waals surface area contributed by atoms with E-state index in [1.165, 1.54) is 38.5 Å². The van der Waals surface area contributed by atoms with Gasteiger partial charge in [0, 0.05) is 17.4 Å². The highest BCUT2D eigenvalue weighted by atomic mass is 32.2. The summed E-state index contributed by atoms with van der Waals surface area (Å²) in [5.74, 6) is 0.639. The van der Waals surface area contributed by atoms with Crippen molar-refractivity contribution in [1.29, 1.82) is 0 Å². The van der Waals surface area contributed by atoms with Crippen molar-refractivity contribution in [2.75, 3.05) is 17.1 Å². The molecule has 6 heteroatoms. The van der Waals surface area contributed by atoms with Crippen LogP contribution in [0.15, 0.2) is 47.4 Å². The fourth-order valence-corrected chi connectivity index (χ4v) is 4.84. The SMILES string of the molecule is COc1ccc(S(=O)(=O)Nc2ccc(NC3CCCCCC3)cc2)c(C)c1. The first-order chi connectivity index (χ1) is 13.0. The first-order valence-electron chi connectivity index (χ1n) is 9.52. The Kier molecular flexibility index (Phi) is 6.26. The van der Waals surface area contributed by atoms with E-state index < -0.39 is 10.0 Å². The van der Waals surface area contributed by atoms with Gasteiger partial charge in [-0.1, -0.05) is 25.7 Å². The fraction of sp³-hybridized carbons (Fsp3) is 0.429. The van der Waals surface area contributed by atoms with Crippen molar-refractivity contribution >= 4 is 21.4 Å². The molecule has 3 rings (SSSR count). The van der Waals surface area contributed by atoms with Crippen LogP contribution in [-0.4, -0.2) is 21.6 Å². The summed E-state index contributed by atoms with van der Waals surface area (Å²) < 4.78 is 33.2. The monoisotopic (exact) mass is 388 g/mol. The van der Waals surface area contributed by atoms with Crippen molar-refractivity contribution < 1.29 is 13.2 Å². The second-order valence-electron chi connectivity index (χ2n) is 7.15. The Morgan fingerprint density at radius 3 is 2.15 bits per heavy atom. The van der Waals surface area contributed by atoms with Crippen molar-refractivity contribution in [3.63, 3.8) is 0 Å². The molecule has 27 heavy (non-hydrogen) atoms. The molecule has 0 spiro atoms. The van der Waals surface area contributed by atoms with E-state index in [2.05, 4.69) is 10.0 Å². The molecule has 0 aromatic heterocycles. The van der Waals surface area contributed by atoms with Gasteiger partial charge in [-0.3, -0.25) is 4.72 Å². The van der Waals surface area contributed by atoms with Crippen LogP contribution in [0.4, 0.5) is 11.4 Å². The van der Waals surface area contributed by atoms with Gasteiger partial charge in [0.1, 0.15) is 5.75 Å². The third-order valence-electron chi connectivity index (χ3n) is 5.03. The number of anilines is 2. The number of sulfonamides is 1. The van der Waals surface area contributed by atoms with Gasteiger partial charge in [0.2, 0.25) is 0 Å². The minimum absolute atomic E-state index is 0.254. The summed E-state index contributed by atoms with van der Waals surface area (Å²) >= 11 is 0. The number of hydrogen-bond acceptors (Lipinski definition) is 4. The summed E-state index contributed by atoms with van der Waals surface area (Å²) in [6, 6.07) is 12.9. The minimum atomic E-state index is -3.64. The molecule has 0 aliphatic heterocycles. The molecule has 0 heterocycles. The number of rotatable bonds is 6. The van der Waals surface area contributed by atoms with Crippen molar-refractivity contribution in [3.05, 3.63) is 48.0 Å². The quantitative estimate of drug-likeness (QED) is 0.688. The van der Waals surface area contributed by atoms with E-state index in [0.717, 1.165) is 5.69 Å². The molecule has 0 amide bonds. The average Bonchev–Trinajstić information content (AvgIpc) is 2.91. The average molecular weight is 389 g/mol. The maximum absolute atomic E-state index is 12.7. The molecule has 5 nitrogen and oxygen atoms in total. The van der Waals surface area contributed by atoms with Crippen LogP contribution >= 0.6 is 0 Å². The van der Waals surface area contributed by atoms with E-state index in [-0.39, 0.29) is 4.90 Å². The zero-order valence-corrected chi connectivity index (χ0v) is 16.8. The molecule has 1 saturated carbocycles. The number of ether oxygens (including phenoxy) is 1. The van der Waals surface area contributed by atoms with Crippen LogP contribution in [0.3, 0.4) is 0 Å². The first-order valence-corrected chi connectivity index (χ1v) is 11.0. The summed E-state index contributed by atoms with van der Waals surface area (Å²) in [5.41, 5.74) is 2.23. The highest BCUT2D eigenvalue weighted by Gasteiger charge is 2.18. The van der Waals surface area contributed by atoms with Gasteiger partial charge in [-0.25, -0.2) is 8.42 Å². The molecule has 146 valence electrons. The molecule has 0 bridgehead atoms. The molecule has 2 N–H and O–H groups in total. The first kappa shape index (κ1) is 19.5. The van der Waals surface area contributed by atoms with Crippen molar-refractivity contribution in [2.24, 2.45) is 0 Å². The molecule has 2 aromatic carbocycles. The van der Waals surface area contributed by atoms with E-state index in [1.54, 1.807) is 44.4 Å². The Labute approximate surface area is 162 Å². The predicted octanol–water partition coefficient (Wildman–Crippen LogP) is 4.94. The van der Waals surface area contributed by atoms with Gasteiger partial charge in [0.05, 0.1) is 12.0 Å². The molecular formula is C21H28N2O3S. The third kappa shape index (κ3) is 5.16. The lowest BCUT2D eigenvalue weighted by molar-refractivity contribution is 0.414. The van der Waals surface area contributed by atoms with E-state index in [4.69, 9.17) is 4.74 Å². The van der Waals surface area contributed by atoms with Crippen LogP contribution in [0.5, 0.6) is 5.75 Å². The smallest absolute Gasteiger partial charge is 0.262 e. The molecule has 1 aliphatic rings. The van der Waals surface area contributed by atoms with Gasteiger partial charge in [0.15, 0.2) is 0 Å². The van der Waals surface area contributed by atoms with Gasteiger partial charge >= 0.3 is 0 Å². The summed E-state index contributed by atoms with van der Waals surface area (Å²) in [6.07, 6.45) is 7.59. The number of nitrogens with one attached hydrogen (secondary N) is 2. The molecule has 0 unspecified atom stereocenters. The number of benzene rings is 2. The largest absolute Gasteiger partial charge is 0.497 e. The van der Waals surface area contributed by atoms with Crippen molar-refractivity contribution in [3.8, 4) is 5.75 Å². The molecule has 1 aliphatic carbocycles. The van der Waals surface area contributed by atoms with Crippen LogP contribution in [0.2, 0.25) is 0 Å². The van der Waals surface area contributed by atoms with Gasteiger partial charge in [-0.15, -0.1) is 0 Å². The zero-order chi connectivity index (χ0) is 19.3. The van der Waals surface area contributed by atoms with Crippen LogP contribution < -0.4 is 14.8 Å². The predicted molar refractivity (Wildman–Crippen MR) is 110 cm³/mol. The maximum atomic E-state index is 12.7. The summed E-state index contributed by atoms with van der Waals surface area (Å²) in [4.78, 5) is 0.254. The summed E-state index contributed by atoms with van der Waals surface area (Å²) in [5, 5.41) is 3.57. The van der Waals surface area contributed by atoms with Crippen LogP contribution in [-0.2, 0) is 10.0 Å². The standard InChI is InChI=1S/C21H28N2O3S/c1-16-15-20(26-2)13-14-21(16)27(24,25)23-19-11-9-18(10-12-19)22-17-7-5-3-4-6-8-17/h9-15,17,22-23H,3-8H2,1-2H3. The molecule has 0 radical (unpaired) electrons. The van der Waals surface area contributed by atoms with E-state index in [1.807, 2.05) is 12.1 Å². The maximum Gasteiger partial charge on any atom is 0.262 e. The molecule has 0 saturated heterocycles. The highest BCUT2D eigenvalue weighted by molar-refractivity contribution is 7.92. The van der Waals surface area contributed by atoms with E-state index in [9.17, 15) is 8.42 Å². The summed E-state index contributed by atoms with van der Waals surface area (Å²) in [7, 11) is -2.08. The normalized spacial score (nSPS) is 15.8. The van der Waals surface area contributed by atoms with Crippen LogP contribution in [0.25, 0.3) is 0 Å². The van der Waals surface area contributed by atoms with E-state index >= 15 is 0 Å². The van der Waals surface area contributed by atoms with Crippen LogP contribution in [0, 0.1) is 6.92 Å². The lowest BCUT2D eigenvalue weighted by atomic mass is 10.1.